The Hall–Kier alpha value is -2.08. The molecule has 1 aliphatic heterocycles. The van der Waals surface area contributed by atoms with Crippen LogP contribution < -0.4 is 0 Å². The molecule has 3 rings (SSSR count). The number of alkyl halides is 3. The van der Waals surface area contributed by atoms with Crippen LogP contribution in [0.15, 0.2) is 42.5 Å². The first-order valence-corrected chi connectivity index (χ1v) is 7.79. The molecule has 0 radical (unpaired) electrons. The van der Waals surface area contributed by atoms with Crippen molar-refractivity contribution in [3.63, 3.8) is 0 Å². The lowest BCUT2D eigenvalue weighted by molar-refractivity contribution is -0.188. The first-order valence-electron chi connectivity index (χ1n) is 7.79. The largest absolute Gasteiger partial charge is 0.481 e. The highest BCUT2D eigenvalue weighted by Crippen LogP contribution is 2.40. The van der Waals surface area contributed by atoms with Gasteiger partial charge in [0.05, 0.1) is 11.8 Å². The van der Waals surface area contributed by atoms with Gasteiger partial charge in [0.1, 0.15) is 0 Å². The van der Waals surface area contributed by atoms with E-state index in [9.17, 15) is 18.0 Å². The number of halogens is 3. The van der Waals surface area contributed by atoms with E-state index in [1.807, 2.05) is 49.4 Å². The van der Waals surface area contributed by atoms with E-state index in [2.05, 4.69) is 0 Å². The molecule has 1 N–H and O–H groups in total. The Labute approximate surface area is 137 Å². The highest BCUT2D eigenvalue weighted by molar-refractivity contribution is 5.83. The van der Waals surface area contributed by atoms with Crippen molar-refractivity contribution in [2.24, 2.45) is 11.8 Å². The van der Waals surface area contributed by atoms with Gasteiger partial charge in [0.15, 0.2) is 0 Å². The van der Waals surface area contributed by atoms with Crippen molar-refractivity contribution >= 4 is 16.7 Å². The Morgan fingerprint density at radius 1 is 1.17 bits per heavy atom. The molecule has 1 heterocycles. The average molecular weight is 337 g/mol. The maximum absolute atomic E-state index is 13.1. The maximum atomic E-state index is 13.1. The Bertz CT molecular complexity index is 759. The number of rotatable bonds is 3. The Balaban J connectivity index is 1.86. The molecule has 1 unspecified atom stereocenters. The predicted molar refractivity (Wildman–Crippen MR) is 84.6 cm³/mol. The minimum absolute atomic E-state index is 0.0898. The second-order valence-electron chi connectivity index (χ2n) is 6.33. The monoisotopic (exact) mass is 337 g/mol. The second-order valence-corrected chi connectivity index (χ2v) is 6.33. The van der Waals surface area contributed by atoms with Gasteiger partial charge in [-0.2, -0.15) is 13.2 Å². The van der Waals surface area contributed by atoms with Crippen LogP contribution in [-0.2, 0) is 4.79 Å². The first-order chi connectivity index (χ1) is 11.3. The number of aliphatic carboxylic acids is 1. The average Bonchev–Trinajstić information content (AvgIpc) is 2.99. The highest BCUT2D eigenvalue weighted by atomic mass is 19.4. The lowest BCUT2D eigenvalue weighted by atomic mass is 9.96. The molecule has 3 atom stereocenters. The zero-order valence-corrected chi connectivity index (χ0v) is 13.1. The number of hydrogen-bond acceptors (Lipinski definition) is 2. The lowest BCUT2D eigenvalue weighted by Crippen LogP contribution is -2.33. The number of likely N-dealkylation sites (tertiary alicyclic amines) is 1. The van der Waals surface area contributed by atoms with Gasteiger partial charge in [-0.3, -0.25) is 9.69 Å². The molecule has 2 aromatic carbocycles. The number of carbonyl (C=O) groups is 1. The van der Waals surface area contributed by atoms with Gasteiger partial charge in [0.25, 0.3) is 0 Å². The van der Waals surface area contributed by atoms with E-state index in [4.69, 9.17) is 5.11 Å². The van der Waals surface area contributed by atoms with E-state index < -0.39 is 24.0 Å². The van der Waals surface area contributed by atoms with Gasteiger partial charge in [-0.25, -0.2) is 0 Å². The maximum Gasteiger partial charge on any atom is 0.393 e. The van der Waals surface area contributed by atoms with Crippen LogP contribution in [-0.4, -0.2) is 35.2 Å². The van der Waals surface area contributed by atoms with Crippen molar-refractivity contribution < 1.29 is 23.1 Å². The fourth-order valence-electron chi connectivity index (χ4n) is 3.41. The molecular weight excluding hydrogens is 319 g/mol. The van der Waals surface area contributed by atoms with Gasteiger partial charge in [-0.1, -0.05) is 36.4 Å². The molecular formula is C18H18F3NO2. The van der Waals surface area contributed by atoms with Crippen LogP contribution in [0.2, 0.25) is 0 Å². The summed E-state index contributed by atoms with van der Waals surface area (Å²) in [6.45, 7) is 1.45. The summed E-state index contributed by atoms with van der Waals surface area (Å²) in [5, 5.41) is 11.2. The van der Waals surface area contributed by atoms with E-state index in [0.29, 0.717) is 0 Å². The van der Waals surface area contributed by atoms with E-state index >= 15 is 0 Å². The fraction of sp³-hybridized carbons (Fsp3) is 0.389. The van der Waals surface area contributed by atoms with Gasteiger partial charge in [0.2, 0.25) is 0 Å². The van der Waals surface area contributed by atoms with Crippen molar-refractivity contribution in [2.45, 2.75) is 19.1 Å². The molecule has 0 aliphatic carbocycles. The normalized spacial score (nSPS) is 23.5. The number of carboxylic acid groups (broad SMARTS) is 1. The molecule has 1 saturated heterocycles. The van der Waals surface area contributed by atoms with Crippen molar-refractivity contribution in [2.75, 3.05) is 13.1 Å². The second kappa shape index (κ2) is 6.09. The Kier molecular flexibility index (Phi) is 4.25. The molecule has 2 aromatic rings. The topological polar surface area (TPSA) is 40.5 Å². The minimum atomic E-state index is -4.50. The fourth-order valence-corrected chi connectivity index (χ4v) is 3.41. The summed E-state index contributed by atoms with van der Waals surface area (Å²) in [6, 6.07) is 13.3. The summed E-state index contributed by atoms with van der Waals surface area (Å²) >= 11 is 0. The van der Waals surface area contributed by atoms with Crippen LogP contribution in [0.25, 0.3) is 10.8 Å². The molecule has 0 bridgehead atoms. The molecule has 128 valence electrons. The molecule has 1 aliphatic rings. The summed E-state index contributed by atoms with van der Waals surface area (Å²) in [6.07, 6.45) is -4.50. The first kappa shape index (κ1) is 16.8. The molecule has 3 nitrogen and oxygen atoms in total. The Morgan fingerprint density at radius 3 is 2.42 bits per heavy atom. The van der Waals surface area contributed by atoms with Crippen molar-refractivity contribution in [3.05, 3.63) is 48.0 Å². The van der Waals surface area contributed by atoms with Gasteiger partial charge in [-0.15, -0.1) is 0 Å². The van der Waals surface area contributed by atoms with Gasteiger partial charge in [-0.05, 0) is 29.3 Å². The minimum Gasteiger partial charge on any atom is -0.481 e. The highest BCUT2D eigenvalue weighted by Gasteiger charge is 2.53. The molecule has 0 spiro atoms. The van der Waals surface area contributed by atoms with Crippen LogP contribution in [0.1, 0.15) is 18.5 Å². The third-order valence-corrected chi connectivity index (χ3v) is 4.89. The predicted octanol–water partition coefficient (Wildman–Crippen LogP) is 4.10. The zero-order chi connectivity index (χ0) is 17.5. The van der Waals surface area contributed by atoms with Crippen molar-refractivity contribution in [3.8, 4) is 0 Å². The zero-order valence-electron chi connectivity index (χ0n) is 13.1. The number of carboxylic acids is 1. The van der Waals surface area contributed by atoms with Crippen LogP contribution in [0.5, 0.6) is 0 Å². The SMILES string of the molecule is CC(c1ccc2ccccc2c1)N1C[C@@H](C(F)(F)F)[C@H](C(=O)O)C1. The number of fused-ring (bicyclic) bond motifs is 1. The van der Waals surface area contributed by atoms with E-state index in [0.717, 1.165) is 16.3 Å². The van der Waals surface area contributed by atoms with Crippen LogP contribution in [0.4, 0.5) is 13.2 Å². The third kappa shape index (κ3) is 3.11. The van der Waals surface area contributed by atoms with Crippen molar-refractivity contribution in [1.82, 2.24) is 4.90 Å². The summed E-state index contributed by atoms with van der Waals surface area (Å²) in [4.78, 5) is 12.8. The number of nitrogens with zero attached hydrogens (tertiary/aromatic N) is 1. The van der Waals surface area contributed by atoms with Crippen molar-refractivity contribution in [1.29, 1.82) is 0 Å². The van der Waals surface area contributed by atoms with E-state index in [-0.39, 0.29) is 19.1 Å². The van der Waals surface area contributed by atoms with Crippen LogP contribution in [0.3, 0.4) is 0 Å². The lowest BCUT2D eigenvalue weighted by Gasteiger charge is -2.25. The molecule has 0 amide bonds. The summed E-state index contributed by atoms with van der Waals surface area (Å²) < 4.78 is 39.4. The summed E-state index contributed by atoms with van der Waals surface area (Å²) in [7, 11) is 0. The number of benzene rings is 2. The quantitative estimate of drug-likeness (QED) is 0.917. The van der Waals surface area contributed by atoms with E-state index in [1.54, 1.807) is 4.90 Å². The molecule has 0 saturated carbocycles. The van der Waals surface area contributed by atoms with Crippen LogP contribution >= 0.6 is 0 Å². The standard InChI is InChI=1S/C18H18F3NO2/c1-11(13-7-6-12-4-2-3-5-14(12)8-13)22-9-15(17(23)24)16(10-22)18(19,20)21/h2-8,11,15-16H,9-10H2,1H3,(H,23,24)/t11?,15-,16-/m1/s1. The van der Waals surface area contributed by atoms with Gasteiger partial charge >= 0.3 is 12.1 Å². The third-order valence-electron chi connectivity index (χ3n) is 4.89. The van der Waals surface area contributed by atoms with Gasteiger partial charge in [0, 0.05) is 19.1 Å². The number of hydrogen-bond donors (Lipinski definition) is 1. The molecule has 24 heavy (non-hydrogen) atoms. The molecule has 0 aromatic heterocycles. The summed E-state index contributed by atoms with van der Waals surface area (Å²) in [5.41, 5.74) is 0.890. The molecule has 1 fully saturated rings. The van der Waals surface area contributed by atoms with Crippen LogP contribution in [0, 0.1) is 11.8 Å². The Morgan fingerprint density at radius 2 is 1.83 bits per heavy atom. The summed E-state index contributed by atoms with van der Waals surface area (Å²) in [5.74, 6) is -4.61. The van der Waals surface area contributed by atoms with E-state index in [1.165, 1.54) is 0 Å². The smallest absolute Gasteiger partial charge is 0.393 e. The van der Waals surface area contributed by atoms with Gasteiger partial charge < -0.3 is 5.11 Å². The molecule has 6 heteroatoms.